The Kier molecular flexibility index (Phi) is 7.43. The van der Waals surface area contributed by atoms with Gasteiger partial charge in [-0.3, -0.25) is 20.0 Å². The van der Waals surface area contributed by atoms with Crippen LogP contribution < -0.4 is 0 Å². The molecule has 44 heavy (non-hydrogen) atoms. The van der Waals surface area contributed by atoms with Gasteiger partial charge in [0.25, 0.3) is 0 Å². The van der Waals surface area contributed by atoms with Gasteiger partial charge in [-0.15, -0.1) is 0 Å². The van der Waals surface area contributed by atoms with Crippen LogP contribution in [0, 0.1) is 5.82 Å². The second-order valence-corrected chi connectivity index (χ2v) is 13.9. The summed E-state index contributed by atoms with van der Waals surface area (Å²) in [7, 11) is -3.18. The highest BCUT2D eigenvalue weighted by Gasteiger charge is 2.18. The fourth-order valence-electron chi connectivity index (χ4n) is 5.98. The summed E-state index contributed by atoms with van der Waals surface area (Å²) in [4.78, 5) is 20.0. The molecule has 11 heteroatoms. The van der Waals surface area contributed by atoms with E-state index in [0.717, 1.165) is 58.5 Å². The lowest BCUT2D eigenvalue weighted by molar-refractivity contribution is 0.220. The van der Waals surface area contributed by atoms with Crippen LogP contribution in [0.2, 0.25) is 0 Å². The Hall–Kier alpha value is -4.48. The Bertz CT molecular complexity index is 2100. The van der Waals surface area contributed by atoms with Gasteiger partial charge in [0.15, 0.2) is 0 Å². The number of H-pyrrole nitrogens is 2. The summed E-state index contributed by atoms with van der Waals surface area (Å²) in [5, 5.41) is 8.48. The Morgan fingerprint density at radius 2 is 1.75 bits per heavy atom. The molecule has 1 saturated heterocycles. The number of likely N-dealkylation sites (tertiary alicyclic amines) is 1. The van der Waals surface area contributed by atoms with Crippen LogP contribution in [0.1, 0.15) is 30.4 Å². The molecule has 1 aliphatic rings. The average Bonchev–Trinajstić information content (AvgIpc) is 3.64. The van der Waals surface area contributed by atoms with Gasteiger partial charge >= 0.3 is 0 Å². The van der Waals surface area contributed by atoms with Crippen molar-refractivity contribution in [2.45, 2.75) is 32.2 Å². The van der Waals surface area contributed by atoms with Crippen LogP contribution in [0.15, 0.2) is 67.1 Å². The van der Waals surface area contributed by atoms with Crippen molar-refractivity contribution < 1.29 is 12.8 Å². The lowest BCUT2D eigenvalue weighted by Crippen LogP contribution is -2.29. The first kappa shape index (κ1) is 28.3. The predicted octanol–water partition coefficient (Wildman–Crippen LogP) is 5.94. The van der Waals surface area contributed by atoms with Crippen LogP contribution >= 0.6 is 0 Å². The SMILES string of the molecule is CS(=O)(=O)CCc1cc(F)cc(-c2nccc3[nH]c(-c4n[nH]c5ccc(-c6cncc(CN7CCCCC7)c6)nc45)cc23)c1. The molecular weight excluding hydrogens is 577 g/mol. The largest absolute Gasteiger partial charge is 0.353 e. The van der Waals surface area contributed by atoms with Gasteiger partial charge in [0.05, 0.1) is 28.4 Å². The zero-order chi connectivity index (χ0) is 30.3. The van der Waals surface area contributed by atoms with Crippen molar-refractivity contribution >= 4 is 31.8 Å². The van der Waals surface area contributed by atoms with E-state index in [0.29, 0.717) is 22.5 Å². The molecular formula is C33H32FN7O2S. The molecule has 1 aromatic carbocycles. The average molecular weight is 610 g/mol. The number of aromatic amines is 2. The highest BCUT2D eigenvalue weighted by atomic mass is 32.2. The maximum absolute atomic E-state index is 14.6. The summed E-state index contributed by atoms with van der Waals surface area (Å²) in [6.07, 6.45) is 10.6. The summed E-state index contributed by atoms with van der Waals surface area (Å²) in [6, 6.07) is 14.5. The number of sulfone groups is 1. The molecule has 0 amide bonds. The first-order valence-corrected chi connectivity index (χ1v) is 16.8. The molecule has 0 saturated carbocycles. The van der Waals surface area contributed by atoms with Gasteiger partial charge in [-0.05, 0) is 92.0 Å². The molecule has 9 nitrogen and oxygen atoms in total. The Labute approximate surface area is 254 Å². The number of halogens is 1. The number of nitrogens with one attached hydrogen (secondary N) is 2. The van der Waals surface area contributed by atoms with Gasteiger partial charge in [0, 0.05) is 53.4 Å². The Balaban J connectivity index is 1.23. The lowest BCUT2D eigenvalue weighted by Gasteiger charge is -2.26. The number of piperidine rings is 1. The maximum Gasteiger partial charge on any atom is 0.147 e. The highest BCUT2D eigenvalue weighted by Crippen LogP contribution is 2.34. The van der Waals surface area contributed by atoms with Crippen molar-refractivity contribution in [3.05, 3.63) is 84.1 Å². The molecule has 0 unspecified atom stereocenters. The number of rotatable bonds is 8. The molecule has 1 fully saturated rings. The van der Waals surface area contributed by atoms with Crippen LogP contribution in [0.5, 0.6) is 0 Å². The standard InChI is InChI=1S/C33H32FN7O2S/c1-44(42,43)12-8-21-13-23(16-25(34)15-21)31-26-17-30(37-28(26)7-9-36-31)33-32-29(39-40-33)6-5-27(38-32)24-14-22(18-35-19-24)20-41-10-3-2-4-11-41/h5-7,9,13-19,37H,2-4,8,10-12,20H2,1H3,(H,39,40). The molecule has 5 aromatic heterocycles. The number of hydrogen-bond donors (Lipinski definition) is 2. The number of nitrogens with zero attached hydrogens (tertiary/aromatic N) is 5. The first-order chi connectivity index (χ1) is 21.3. The fraction of sp³-hybridized carbons (Fsp3) is 0.273. The summed E-state index contributed by atoms with van der Waals surface area (Å²) in [5.74, 6) is -0.493. The van der Waals surface area contributed by atoms with Crippen molar-refractivity contribution in [2.75, 3.05) is 25.1 Å². The normalized spacial score (nSPS) is 14.5. The van der Waals surface area contributed by atoms with E-state index in [1.54, 1.807) is 12.3 Å². The maximum atomic E-state index is 14.6. The van der Waals surface area contributed by atoms with Crippen molar-refractivity contribution in [2.24, 2.45) is 0 Å². The van der Waals surface area contributed by atoms with Crippen LogP contribution in [0.25, 0.3) is 55.8 Å². The van der Waals surface area contributed by atoms with Gasteiger partial charge < -0.3 is 4.98 Å². The van der Waals surface area contributed by atoms with E-state index in [2.05, 4.69) is 36.1 Å². The minimum atomic E-state index is -3.18. The Morgan fingerprint density at radius 1 is 0.909 bits per heavy atom. The number of aryl methyl sites for hydroxylation is 1. The number of benzene rings is 1. The summed E-state index contributed by atoms with van der Waals surface area (Å²) >= 11 is 0. The van der Waals surface area contributed by atoms with E-state index in [1.807, 2.05) is 36.7 Å². The molecule has 0 aliphatic carbocycles. The fourth-order valence-corrected chi connectivity index (χ4v) is 6.59. The number of aromatic nitrogens is 6. The molecule has 224 valence electrons. The molecule has 0 bridgehead atoms. The molecule has 6 heterocycles. The van der Waals surface area contributed by atoms with Crippen molar-refractivity contribution in [1.29, 1.82) is 0 Å². The minimum Gasteiger partial charge on any atom is -0.353 e. The van der Waals surface area contributed by atoms with Crippen LogP contribution in [0.3, 0.4) is 0 Å². The topological polar surface area (TPSA) is 121 Å². The van der Waals surface area contributed by atoms with Gasteiger partial charge in [-0.1, -0.05) is 6.42 Å². The number of pyridine rings is 3. The molecule has 2 N–H and O–H groups in total. The van der Waals surface area contributed by atoms with Gasteiger partial charge in [0.2, 0.25) is 0 Å². The van der Waals surface area contributed by atoms with E-state index in [9.17, 15) is 12.8 Å². The molecule has 1 aliphatic heterocycles. The second-order valence-electron chi connectivity index (χ2n) is 11.6. The van der Waals surface area contributed by atoms with Crippen molar-refractivity contribution in [1.82, 2.24) is 35.0 Å². The smallest absolute Gasteiger partial charge is 0.147 e. The molecule has 7 rings (SSSR count). The molecule has 6 aromatic rings. The van der Waals surface area contributed by atoms with E-state index >= 15 is 0 Å². The number of fused-ring (bicyclic) bond motifs is 2. The van der Waals surface area contributed by atoms with E-state index in [1.165, 1.54) is 43.2 Å². The van der Waals surface area contributed by atoms with Crippen LogP contribution in [-0.2, 0) is 22.8 Å². The van der Waals surface area contributed by atoms with Crippen molar-refractivity contribution in [3.8, 4) is 33.9 Å². The third kappa shape index (κ3) is 5.97. The quantitative estimate of drug-likeness (QED) is 0.219. The molecule has 0 radical (unpaired) electrons. The van der Waals surface area contributed by atoms with E-state index in [-0.39, 0.29) is 12.2 Å². The number of hydrogen-bond acceptors (Lipinski definition) is 7. The van der Waals surface area contributed by atoms with Crippen LogP contribution in [0.4, 0.5) is 4.39 Å². The zero-order valence-electron chi connectivity index (χ0n) is 24.3. The summed E-state index contributed by atoms with van der Waals surface area (Å²) in [6.45, 7) is 3.13. The zero-order valence-corrected chi connectivity index (χ0v) is 25.2. The van der Waals surface area contributed by atoms with Crippen LogP contribution in [-0.4, -0.2) is 68.5 Å². The van der Waals surface area contributed by atoms with Gasteiger partial charge in [0.1, 0.15) is 26.9 Å². The first-order valence-electron chi connectivity index (χ1n) is 14.8. The van der Waals surface area contributed by atoms with E-state index < -0.39 is 15.7 Å². The lowest BCUT2D eigenvalue weighted by atomic mass is 10.0. The highest BCUT2D eigenvalue weighted by molar-refractivity contribution is 7.90. The minimum absolute atomic E-state index is 0.0537. The third-order valence-electron chi connectivity index (χ3n) is 8.15. The second kappa shape index (κ2) is 11.5. The van der Waals surface area contributed by atoms with E-state index in [4.69, 9.17) is 4.98 Å². The predicted molar refractivity (Wildman–Crippen MR) is 170 cm³/mol. The van der Waals surface area contributed by atoms with Crippen molar-refractivity contribution in [3.63, 3.8) is 0 Å². The molecule has 0 atom stereocenters. The summed E-state index contributed by atoms with van der Waals surface area (Å²) in [5.41, 5.74) is 8.46. The Morgan fingerprint density at radius 3 is 2.59 bits per heavy atom. The van der Waals surface area contributed by atoms with Gasteiger partial charge in [-0.2, -0.15) is 5.10 Å². The summed E-state index contributed by atoms with van der Waals surface area (Å²) < 4.78 is 38.0. The third-order valence-corrected chi connectivity index (χ3v) is 9.09. The van der Waals surface area contributed by atoms with Gasteiger partial charge in [-0.25, -0.2) is 17.8 Å². The monoisotopic (exact) mass is 609 g/mol. The molecule has 0 spiro atoms.